The van der Waals surface area contributed by atoms with Gasteiger partial charge in [-0.05, 0) is 28.6 Å². The molecule has 4 rings (SSSR count). The molecule has 1 aliphatic heterocycles. The van der Waals surface area contributed by atoms with Crippen molar-refractivity contribution >= 4 is 11.6 Å². The van der Waals surface area contributed by atoms with E-state index in [9.17, 15) is 0 Å². The number of furan rings is 1. The molecule has 0 bridgehead atoms. The first kappa shape index (κ1) is 17.2. The van der Waals surface area contributed by atoms with E-state index in [-0.39, 0.29) is 6.04 Å². The average Bonchev–Trinajstić information content (AvgIpc) is 3.31. The van der Waals surface area contributed by atoms with Gasteiger partial charge in [-0.2, -0.15) is 0 Å². The van der Waals surface area contributed by atoms with Crippen molar-refractivity contribution in [3.05, 3.63) is 64.8 Å². The third-order valence-corrected chi connectivity index (χ3v) is 5.42. The van der Waals surface area contributed by atoms with Crippen LogP contribution in [0.25, 0.3) is 0 Å². The zero-order valence-corrected chi connectivity index (χ0v) is 15.5. The Kier molecular flexibility index (Phi) is 5.01. The van der Waals surface area contributed by atoms with Crippen LogP contribution < -0.4 is 9.80 Å². The highest BCUT2D eigenvalue weighted by atomic mass is 35.5. The number of quaternary nitrogens is 2. The second kappa shape index (κ2) is 7.57. The van der Waals surface area contributed by atoms with Gasteiger partial charge in [-0.25, -0.2) is 4.68 Å². The molecule has 1 atom stereocenters. The Balaban J connectivity index is 1.72. The largest absolute Gasteiger partial charge is 0.467 e. The lowest BCUT2D eigenvalue weighted by Crippen LogP contribution is -3.27. The van der Waals surface area contributed by atoms with Gasteiger partial charge >= 0.3 is 0 Å². The van der Waals surface area contributed by atoms with Crippen molar-refractivity contribution < 1.29 is 14.2 Å². The molecule has 136 valence electrons. The number of nitrogens with zero attached hydrogens (tertiary/aromatic N) is 4. The van der Waals surface area contributed by atoms with Crippen LogP contribution in [0.15, 0.2) is 47.1 Å². The molecule has 0 spiro atoms. The van der Waals surface area contributed by atoms with E-state index in [1.807, 2.05) is 35.0 Å². The van der Waals surface area contributed by atoms with Crippen LogP contribution in [0.4, 0.5) is 0 Å². The van der Waals surface area contributed by atoms with Crippen molar-refractivity contribution in [1.29, 1.82) is 0 Å². The minimum Gasteiger partial charge on any atom is -0.467 e. The standard InChI is InChI=1S/C18H21ClN6O/c1-23-8-10-24(11-9-23)17(15-6-2-3-7-16(15)19)18-20-21-22-25(18)13-14-5-4-12-26-14/h2-7,12,17H,8-11,13H2,1H3/p+2/t17-/m0/s1. The predicted octanol–water partition coefficient (Wildman–Crippen LogP) is -0.530. The summed E-state index contributed by atoms with van der Waals surface area (Å²) >= 11 is 6.56. The van der Waals surface area contributed by atoms with Gasteiger partial charge in [-0.1, -0.05) is 29.8 Å². The number of hydrogen-bond donors (Lipinski definition) is 2. The third kappa shape index (κ3) is 3.51. The van der Waals surface area contributed by atoms with E-state index in [4.69, 9.17) is 16.0 Å². The molecule has 1 aliphatic rings. The van der Waals surface area contributed by atoms with E-state index >= 15 is 0 Å². The SMILES string of the molecule is C[NH+]1CC[NH+]([C@@H](c2ccccc2Cl)c2nnnn2Cc2ccco2)CC1. The molecule has 0 amide bonds. The Morgan fingerprint density at radius 2 is 1.96 bits per heavy atom. The number of rotatable bonds is 5. The molecule has 8 heteroatoms. The summed E-state index contributed by atoms with van der Waals surface area (Å²) in [7, 11) is 2.24. The molecule has 0 saturated carbocycles. The van der Waals surface area contributed by atoms with Crippen molar-refractivity contribution in [2.45, 2.75) is 12.6 Å². The summed E-state index contributed by atoms with van der Waals surface area (Å²) in [6, 6.07) is 11.8. The van der Waals surface area contributed by atoms with Crippen molar-refractivity contribution in [2.75, 3.05) is 33.2 Å². The lowest BCUT2D eigenvalue weighted by molar-refractivity contribution is -1.02. The Hall–Kier alpha value is -2.22. The van der Waals surface area contributed by atoms with Crippen LogP contribution in [0, 0.1) is 0 Å². The fourth-order valence-electron chi connectivity index (χ4n) is 3.62. The maximum absolute atomic E-state index is 6.56. The van der Waals surface area contributed by atoms with E-state index in [1.165, 1.54) is 4.90 Å². The number of likely N-dealkylation sites (N-methyl/N-ethyl adjacent to an activating group) is 1. The lowest BCUT2D eigenvalue weighted by atomic mass is 10.0. The number of aromatic nitrogens is 4. The van der Waals surface area contributed by atoms with E-state index in [0.29, 0.717) is 6.54 Å². The first-order chi connectivity index (χ1) is 12.7. The molecule has 1 saturated heterocycles. The topological polar surface area (TPSA) is 65.6 Å². The molecule has 1 aromatic carbocycles. The first-order valence-corrected chi connectivity index (χ1v) is 9.29. The van der Waals surface area contributed by atoms with Crippen LogP contribution in [0.2, 0.25) is 5.02 Å². The molecular formula is C18H23ClN6O+2. The quantitative estimate of drug-likeness (QED) is 0.630. The molecule has 0 radical (unpaired) electrons. The van der Waals surface area contributed by atoms with Crippen LogP contribution in [-0.2, 0) is 6.54 Å². The van der Waals surface area contributed by atoms with Gasteiger partial charge in [0.25, 0.3) is 0 Å². The number of hydrogen-bond acceptors (Lipinski definition) is 4. The van der Waals surface area contributed by atoms with Crippen LogP contribution in [-0.4, -0.2) is 53.4 Å². The fraction of sp³-hybridized carbons (Fsp3) is 0.389. The monoisotopic (exact) mass is 374 g/mol. The van der Waals surface area contributed by atoms with Gasteiger partial charge in [-0.3, -0.25) is 0 Å². The molecule has 0 unspecified atom stereocenters. The Bertz CT molecular complexity index is 841. The normalized spacial score (nSPS) is 21.6. The van der Waals surface area contributed by atoms with Crippen LogP contribution in [0.3, 0.4) is 0 Å². The highest BCUT2D eigenvalue weighted by molar-refractivity contribution is 6.31. The second-order valence-corrected chi connectivity index (χ2v) is 7.25. The van der Waals surface area contributed by atoms with Crippen molar-refractivity contribution in [3.8, 4) is 0 Å². The molecule has 1 fully saturated rings. The minimum absolute atomic E-state index is 0.00163. The molecule has 3 heterocycles. The van der Waals surface area contributed by atoms with Gasteiger partial charge in [0.1, 0.15) is 38.5 Å². The fourth-order valence-corrected chi connectivity index (χ4v) is 3.86. The van der Waals surface area contributed by atoms with Gasteiger partial charge in [0.2, 0.25) is 5.82 Å². The minimum atomic E-state index is 0.00163. The molecule has 2 aromatic heterocycles. The van der Waals surface area contributed by atoms with Gasteiger partial charge in [0.05, 0.1) is 18.3 Å². The smallest absolute Gasteiger partial charge is 0.214 e. The molecule has 3 aromatic rings. The summed E-state index contributed by atoms with van der Waals surface area (Å²) in [6.45, 7) is 4.85. The Labute approximate surface area is 157 Å². The maximum atomic E-state index is 6.56. The van der Waals surface area contributed by atoms with Crippen molar-refractivity contribution in [3.63, 3.8) is 0 Å². The summed E-state index contributed by atoms with van der Waals surface area (Å²) in [4.78, 5) is 3.00. The van der Waals surface area contributed by atoms with E-state index < -0.39 is 0 Å². The van der Waals surface area contributed by atoms with Gasteiger partial charge in [0, 0.05) is 5.56 Å². The highest BCUT2D eigenvalue weighted by Crippen LogP contribution is 2.25. The first-order valence-electron chi connectivity index (χ1n) is 8.91. The van der Waals surface area contributed by atoms with Gasteiger partial charge in [-0.15, -0.1) is 5.10 Å². The molecule has 0 aliphatic carbocycles. The number of halogens is 1. The summed E-state index contributed by atoms with van der Waals surface area (Å²) in [6.07, 6.45) is 1.67. The molecule has 2 N–H and O–H groups in total. The third-order valence-electron chi connectivity index (χ3n) is 5.07. The number of tetrazole rings is 1. The van der Waals surface area contributed by atoms with Crippen molar-refractivity contribution in [1.82, 2.24) is 20.2 Å². The van der Waals surface area contributed by atoms with E-state index in [2.05, 4.69) is 28.6 Å². The number of benzene rings is 1. The summed E-state index contributed by atoms with van der Waals surface area (Å²) in [5.41, 5.74) is 1.07. The summed E-state index contributed by atoms with van der Waals surface area (Å²) < 4.78 is 7.30. The molecular weight excluding hydrogens is 352 g/mol. The van der Waals surface area contributed by atoms with E-state index in [1.54, 1.807) is 11.2 Å². The zero-order valence-electron chi connectivity index (χ0n) is 14.7. The second-order valence-electron chi connectivity index (χ2n) is 6.84. The Morgan fingerprint density at radius 1 is 1.15 bits per heavy atom. The summed E-state index contributed by atoms with van der Waals surface area (Å²) in [5, 5.41) is 13.3. The Morgan fingerprint density at radius 3 is 2.69 bits per heavy atom. The predicted molar refractivity (Wildman–Crippen MR) is 96.2 cm³/mol. The van der Waals surface area contributed by atoms with Crippen LogP contribution in [0.5, 0.6) is 0 Å². The van der Waals surface area contributed by atoms with E-state index in [0.717, 1.165) is 48.3 Å². The van der Waals surface area contributed by atoms with Gasteiger partial charge < -0.3 is 14.2 Å². The molecule has 7 nitrogen and oxygen atoms in total. The average molecular weight is 375 g/mol. The van der Waals surface area contributed by atoms with Crippen LogP contribution >= 0.6 is 11.6 Å². The zero-order chi connectivity index (χ0) is 17.9. The van der Waals surface area contributed by atoms with Crippen LogP contribution in [0.1, 0.15) is 23.2 Å². The van der Waals surface area contributed by atoms with Crippen molar-refractivity contribution in [2.24, 2.45) is 0 Å². The number of nitrogens with one attached hydrogen (secondary N) is 2. The summed E-state index contributed by atoms with van der Waals surface area (Å²) in [5.74, 6) is 1.65. The lowest BCUT2D eigenvalue weighted by Gasteiger charge is -2.33. The highest BCUT2D eigenvalue weighted by Gasteiger charge is 2.36. The van der Waals surface area contributed by atoms with Gasteiger partial charge in [0.15, 0.2) is 6.04 Å². The number of piperazine rings is 1. The molecule has 26 heavy (non-hydrogen) atoms. The maximum Gasteiger partial charge on any atom is 0.214 e.